The van der Waals surface area contributed by atoms with Crippen LogP contribution in [0.2, 0.25) is 0 Å². The van der Waals surface area contributed by atoms with Crippen molar-refractivity contribution in [3.63, 3.8) is 0 Å². The summed E-state index contributed by atoms with van der Waals surface area (Å²) in [6.07, 6.45) is 1.03. The first kappa shape index (κ1) is 22.9. The molecule has 1 heterocycles. The maximum Gasteiger partial charge on any atom is 0.407 e. The third-order valence-corrected chi connectivity index (χ3v) is 5.23. The molecule has 9 heteroatoms. The van der Waals surface area contributed by atoms with Crippen molar-refractivity contribution < 1.29 is 29.3 Å². The molecule has 1 aliphatic heterocycles. The molecule has 0 unspecified atom stereocenters. The Kier molecular flexibility index (Phi) is 7.91. The lowest BCUT2D eigenvalue weighted by atomic mass is 10.1. The Bertz CT molecular complexity index is 950. The number of phenols is 2. The number of nitrogens with zero attached hydrogens (tertiary/aromatic N) is 1. The zero-order valence-electron chi connectivity index (χ0n) is 17.6. The van der Waals surface area contributed by atoms with E-state index in [1.165, 1.54) is 17.0 Å². The summed E-state index contributed by atoms with van der Waals surface area (Å²) in [6.45, 7) is 0.633. The van der Waals surface area contributed by atoms with Gasteiger partial charge in [-0.05, 0) is 42.5 Å². The average molecular weight is 441 g/mol. The van der Waals surface area contributed by atoms with Crippen LogP contribution < -0.4 is 10.6 Å². The lowest BCUT2D eigenvalue weighted by molar-refractivity contribution is -0.137. The molecule has 0 saturated carbocycles. The molecular formula is C23H27N3O6. The number of aromatic hydroxyl groups is 2. The summed E-state index contributed by atoms with van der Waals surface area (Å²) in [7, 11) is 0. The fourth-order valence-corrected chi connectivity index (χ4v) is 3.53. The lowest BCUT2D eigenvalue weighted by Crippen LogP contribution is -2.49. The SMILES string of the molecule is O=C(NCC(=O)N1CCC[C@H]1C(=O)NCCc1ccc(O)c(O)c1)OCc1ccccc1. The summed E-state index contributed by atoms with van der Waals surface area (Å²) in [6, 6.07) is 13.1. The monoisotopic (exact) mass is 441 g/mol. The van der Waals surface area contributed by atoms with Crippen molar-refractivity contribution in [1.82, 2.24) is 15.5 Å². The van der Waals surface area contributed by atoms with E-state index >= 15 is 0 Å². The number of amides is 3. The first-order valence-corrected chi connectivity index (χ1v) is 10.5. The third-order valence-electron chi connectivity index (χ3n) is 5.23. The van der Waals surface area contributed by atoms with Crippen LogP contribution in [-0.4, -0.2) is 58.7 Å². The van der Waals surface area contributed by atoms with Gasteiger partial charge in [-0.2, -0.15) is 0 Å². The van der Waals surface area contributed by atoms with Crippen LogP contribution in [0.25, 0.3) is 0 Å². The molecular weight excluding hydrogens is 414 g/mol. The minimum absolute atomic E-state index is 0.106. The topological polar surface area (TPSA) is 128 Å². The standard InChI is InChI=1S/C23H27N3O6/c27-19-9-8-16(13-20(19)28)10-11-24-22(30)18-7-4-12-26(18)21(29)14-25-23(31)32-15-17-5-2-1-3-6-17/h1-3,5-6,8-9,13,18,27-28H,4,7,10-12,14-15H2,(H,24,30)(H,25,31)/t18-/m0/s1. The molecule has 4 N–H and O–H groups in total. The summed E-state index contributed by atoms with van der Waals surface area (Å²) in [5.74, 6) is -1.01. The second-order valence-electron chi connectivity index (χ2n) is 7.52. The number of carbonyl (C=O) groups excluding carboxylic acids is 3. The Morgan fingerprint density at radius 3 is 2.53 bits per heavy atom. The lowest BCUT2D eigenvalue weighted by Gasteiger charge is -2.24. The first-order chi connectivity index (χ1) is 15.4. The van der Waals surface area contributed by atoms with Gasteiger partial charge in [-0.25, -0.2) is 4.79 Å². The van der Waals surface area contributed by atoms with Gasteiger partial charge in [0.15, 0.2) is 11.5 Å². The zero-order chi connectivity index (χ0) is 22.9. The van der Waals surface area contributed by atoms with Gasteiger partial charge in [0.2, 0.25) is 11.8 Å². The molecule has 3 amide bonds. The zero-order valence-corrected chi connectivity index (χ0v) is 17.6. The number of alkyl carbamates (subject to hydrolysis) is 1. The van der Waals surface area contributed by atoms with Crippen molar-refractivity contribution in [3.05, 3.63) is 59.7 Å². The van der Waals surface area contributed by atoms with E-state index in [0.717, 1.165) is 11.1 Å². The maximum atomic E-state index is 12.6. The Balaban J connectivity index is 1.41. The molecule has 32 heavy (non-hydrogen) atoms. The molecule has 0 bridgehead atoms. The van der Waals surface area contributed by atoms with Crippen LogP contribution >= 0.6 is 0 Å². The van der Waals surface area contributed by atoms with E-state index in [2.05, 4.69) is 10.6 Å². The molecule has 1 fully saturated rings. The molecule has 2 aromatic rings. The van der Waals surface area contributed by atoms with Crippen molar-refractivity contribution in [3.8, 4) is 11.5 Å². The number of likely N-dealkylation sites (tertiary alicyclic amines) is 1. The molecule has 170 valence electrons. The smallest absolute Gasteiger partial charge is 0.407 e. The second kappa shape index (κ2) is 11.0. The first-order valence-electron chi connectivity index (χ1n) is 10.5. The van der Waals surface area contributed by atoms with E-state index in [9.17, 15) is 24.6 Å². The number of hydrogen-bond donors (Lipinski definition) is 4. The van der Waals surface area contributed by atoms with Gasteiger partial charge in [-0.3, -0.25) is 9.59 Å². The predicted molar refractivity (Wildman–Crippen MR) is 116 cm³/mol. The van der Waals surface area contributed by atoms with Gasteiger partial charge in [-0.15, -0.1) is 0 Å². The van der Waals surface area contributed by atoms with Gasteiger partial charge in [0.05, 0.1) is 0 Å². The molecule has 0 spiro atoms. The van der Waals surface area contributed by atoms with Crippen molar-refractivity contribution in [2.24, 2.45) is 0 Å². The van der Waals surface area contributed by atoms with E-state index < -0.39 is 12.1 Å². The minimum atomic E-state index is -0.695. The highest BCUT2D eigenvalue weighted by Crippen LogP contribution is 2.25. The van der Waals surface area contributed by atoms with Gasteiger partial charge >= 0.3 is 6.09 Å². The third kappa shape index (κ3) is 6.37. The number of ether oxygens (including phenoxy) is 1. The molecule has 1 aliphatic rings. The van der Waals surface area contributed by atoms with E-state index in [0.29, 0.717) is 32.4 Å². The van der Waals surface area contributed by atoms with Gasteiger partial charge < -0.3 is 30.5 Å². The van der Waals surface area contributed by atoms with Gasteiger partial charge in [0, 0.05) is 13.1 Å². The van der Waals surface area contributed by atoms with Crippen molar-refractivity contribution >= 4 is 17.9 Å². The molecule has 0 radical (unpaired) electrons. The molecule has 9 nitrogen and oxygen atoms in total. The number of nitrogens with one attached hydrogen (secondary N) is 2. The quantitative estimate of drug-likeness (QED) is 0.462. The number of hydrogen-bond acceptors (Lipinski definition) is 6. The minimum Gasteiger partial charge on any atom is -0.504 e. The van der Waals surface area contributed by atoms with Crippen molar-refractivity contribution in [2.45, 2.75) is 31.9 Å². The Morgan fingerprint density at radius 1 is 1.00 bits per heavy atom. The normalized spacial score (nSPS) is 15.2. The van der Waals surface area contributed by atoms with E-state index in [4.69, 9.17) is 4.74 Å². The van der Waals surface area contributed by atoms with Crippen LogP contribution in [0.3, 0.4) is 0 Å². The Morgan fingerprint density at radius 2 is 1.78 bits per heavy atom. The van der Waals surface area contributed by atoms with Gasteiger partial charge in [0.25, 0.3) is 0 Å². The maximum absolute atomic E-state index is 12.6. The van der Waals surface area contributed by atoms with Gasteiger partial charge in [-0.1, -0.05) is 36.4 Å². The molecule has 1 atom stereocenters. The second-order valence-corrected chi connectivity index (χ2v) is 7.52. The van der Waals surface area contributed by atoms with Gasteiger partial charge in [0.1, 0.15) is 19.2 Å². The summed E-state index contributed by atoms with van der Waals surface area (Å²) in [5, 5.41) is 24.1. The van der Waals surface area contributed by atoms with Crippen molar-refractivity contribution in [1.29, 1.82) is 0 Å². The Hall–Kier alpha value is -3.75. The van der Waals surface area contributed by atoms with E-state index in [-0.39, 0.29) is 36.5 Å². The van der Waals surface area contributed by atoms with Crippen LogP contribution in [0, 0.1) is 0 Å². The molecule has 3 rings (SSSR count). The average Bonchev–Trinajstić information content (AvgIpc) is 3.29. The summed E-state index contributed by atoms with van der Waals surface area (Å²) in [5.41, 5.74) is 1.60. The molecule has 0 aliphatic carbocycles. The van der Waals surface area contributed by atoms with Crippen LogP contribution in [0.1, 0.15) is 24.0 Å². The number of carbonyl (C=O) groups is 3. The predicted octanol–water partition coefficient (Wildman–Crippen LogP) is 1.67. The highest BCUT2D eigenvalue weighted by Gasteiger charge is 2.33. The molecule has 0 aromatic heterocycles. The molecule has 2 aromatic carbocycles. The van der Waals surface area contributed by atoms with E-state index in [1.807, 2.05) is 30.3 Å². The number of rotatable bonds is 8. The van der Waals surface area contributed by atoms with Crippen LogP contribution in [0.4, 0.5) is 4.79 Å². The highest BCUT2D eigenvalue weighted by molar-refractivity contribution is 5.90. The van der Waals surface area contributed by atoms with Crippen LogP contribution in [-0.2, 0) is 27.4 Å². The fraction of sp³-hybridized carbons (Fsp3) is 0.348. The Labute approximate surface area is 186 Å². The summed E-state index contributed by atoms with van der Waals surface area (Å²) >= 11 is 0. The van der Waals surface area contributed by atoms with Crippen molar-refractivity contribution in [2.75, 3.05) is 19.6 Å². The number of phenolic OH excluding ortho intramolecular Hbond substituents is 2. The number of benzene rings is 2. The van der Waals surface area contributed by atoms with Crippen LogP contribution in [0.15, 0.2) is 48.5 Å². The largest absolute Gasteiger partial charge is 0.504 e. The summed E-state index contributed by atoms with van der Waals surface area (Å²) in [4.78, 5) is 38.4. The highest BCUT2D eigenvalue weighted by atomic mass is 16.5. The van der Waals surface area contributed by atoms with Crippen LogP contribution in [0.5, 0.6) is 11.5 Å². The fourth-order valence-electron chi connectivity index (χ4n) is 3.53. The molecule has 1 saturated heterocycles. The van der Waals surface area contributed by atoms with E-state index in [1.54, 1.807) is 6.07 Å². The summed E-state index contributed by atoms with van der Waals surface area (Å²) < 4.78 is 5.09.